The topological polar surface area (TPSA) is 72.5 Å². The van der Waals surface area contributed by atoms with Crippen LogP contribution < -0.4 is 5.32 Å². The third-order valence-corrected chi connectivity index (χ3v) is 6.57. The molecule has 138 valence electrons. The van der Waals surface area contributed by atoms with Crippen LogP contribution in [0.4, 0.5) is 0 Å². The number of hydrogen-bond donors (Lipinski definition) is 1. The van der Waals surface area contributed by atoms with Crippen LogP contribution in [0.1, 0.15) is 60.8 Å². The van der Waals surface area contributed by atoms with Crippen molar-refractivity contribution in [2.45, 2.75) is 45.6 Å². The summed E-state index contributed by atoms with van der Waals surface area (Å²) in [6, 6.07) is 5.42. The molecule has 1 N–H and O–H groups in total. The quantitative estimate of drug-likeness (QED) is 0.462. The fourth-order valence-corrected chi connectivity index (χ4v) is 4.89. The average molecular weight is 392 g/mol. The Morgan fingerprint density at radius 2 is 1.88 bits per heavy atom. The van der Waals surface area contributed by atoms with Crippen LogP contribution in [-0.4, -0.2) is 24.3 Å². The average Bonchev–Trinajstić information content (AvgIpc) is 3.20. The van der Waals surface area contributed by atoms with E-state index >= 15 is 0 Å². The number of hydrogen-bond acceptors (Lipinski definition) is 6. The second-order valence-corrected chi connectivity index (χ2v) is 8.60. The number of esters is 1. The number of carbonyl (C=O) groups excluding carboxylic acids is 3. The fourth-order valence-electron chi connectivity index (χ4n) is 2.88. The third kappa shape index (κ3) is 4.80. The Morgan fingerprint density at radius 1 is 1.08 bits per heavy atom. The summed E-state index contributed by atoms with van der Waals surface area (Å²) in [4.78, 5) is 38.7. The summed E-state index contributed by atoms with van der Waals surface area (Å²) in [6.07, 6.45) is 5.61. The molecule has 2 aromatic heterocycles. The number of aryl methyl sites for hydroxylation is 2. The van der Waals surface area contributed by atoms with Crippen LogP contribution in [0.5, 0.6) is 0 Å². The molecular weight excluding hydrogens is 370 g/mol. The largest absolute Gasteiger partial charge is 0.453 e. The highest BCUT2D eigenvalue weighted by Crippen LogP contribution is 2.29. The summed E-state index contributed by atoms with van der Waals surface area (Å²) in [5.74, 6) is -0.767. The van der Waals surface area contributed by atoms with Gasteiger partial charge in [0.1, 0.15) is 4.88 Å². The number of thiophene rings is 2. The Labute approximate surface area is 160 Å². The molecule has 0 atom stereocenters. The fraction of sp³-hybridized carbons (Fsp3) is 0.421. The van der Waals surface area contributed by atoms with Gasteiger partial charge in [0, 0.05) is 16.7 Å². The first kappa shape index (κ1) is 18.8. The lowest BCUT2D eigenvalue weighted by molar-refractivity contribution is -0.119. The summed E-state index contributed by atoms with van der Waals surface area (Å²) in [5.41, 5.74) is 1.26. The summed E-state index contributed by atoms with van der Waals surface area (Å²) in [5, 5.41) is 2.69. The van der Waals surface area contributed by atoms with Gasteiger partial charge in [0.2, 0.25) is 11.7 Å². The van der Waals surface area contributed by atoms with Crippen molar-refractivity contribution >= 4 is 40.3 Å². The van der Waals surface area contributed by atoms with Gasteiger partial charge in [0.25, 0.3) is 0 Å². The molecule has 0 aliphatic heterocycles. The number of amides is 1. The minimum absolute atomic E-state index is 0.116. The molecule has 1 aliphatic rings. The molecule has 1 amide bonds. The summed E-state index contributed by atoms with van der Waals surface area (Å²) >= 11 is 2.80. The van der Waals surface area contributed by atoms with Gasteiger partial charge in [-0.25, -0.2) is 4.79 Å². The smallest absolute Gasteiger partial charge is 0.348 e. The van der Waals surface area contributed by atoms with E-state index in [1.807, 2.05) is 6.07 Å². The van der Waals surface area contributed by atoms with Crippen molar-refractivity contribution in [2.24, 2.45) is 0 Å². The molecule has 26 heavy (non-hydrogen) atoms. The zero-order valence-corrected chi connectivity index (χ0v) is 16.3. The molecule has 1 aliphatic carbocycles. The number of Topliss-reactive ketones (excluding diaryl/α,β-unsaturated/α-hetero) is 1. The molecule has 0 saturated carbocycles. The second kappa shape index (κ2) is 8.60. The number of ketones is 1. The van der Waals surface area contributed by atoms with E-state index in [9.17, 15) is 14.4 Å². The third-order valence-electron chi connectivity index (χ3n) is 4.23. The number of carbonyl (C=O) groups is 3. The molecule has 5 nitrogen and oxygen atoms in total. The first-order valence-electron chi connectivity index (χ1n) is 8.68. The number of rotatable bonds is 6. The first-order chi connectivity index (χ1) is 12.5. The highest BCUT2D eigenvalue weighted by Gasteiger charge is 2.19. The van der Waals surface area contributed by atoms with Crippen molar-refractivity contribution in [1.29, 1.82) is 0 Å². The van der Waals surface area contributed by atoms with E-state index in [0.29, 0.717) is 16.3 Å². The van der Waals surface area contributed by atoms with E-state index in [4.69, 9.17) is 4.74 Å². The predicted octanol–water partition coefficient (Wildman–Crippen LogP) is 3.75. The molecule has 0 unspecified atom stereocenters. The van der Waals surface area contributed by atoms with Crippen LogP contribution in [0.3, 0.4) is 0 Å². The van der Waals surface area contributed by atoms with E-state index in [-0.39, 0.29) is 18.3 Å². The molecule has 0 bridgehead atoms. The molecule has 0 saturated heterocycles. The van der Waals surface area contributed by atoms with Crippen LogP contribution in [0.15, 0.2) is 18.2 Å². The Kier molecular flexibility index (Phi) is 6.21. The minimum Gasteiger partial charge on any atom is -0.453 e. The molecule has 0 spiro atoms. The van der Waals surface area contributed by atoms with Crippen LogP contribution in [0, 0.1) is 0 Å². The maximum Gasteiger partial charge on any atom is 0.348 e. The van der Waals surface area contributed by atoms with Gasteiger partial charge in [-0.1, -0.05) is 6.42 Å². The van der Waals surface area contributed by atoms with Gasteiger partial charge in [-0.2, -0.15) is 0 Å². The molecule has 3 rings (SSSR count). The maximum absolute atomic E-state index is 12.3. The molecule has 0 radical (unpaired) electrons. The van der Waals surface area contributed by atoms with Gasteiger partial charge in [0.05, 0.1) is 11.4 Å². The molecular formula is C19H21NO4S2. The molecule has 2 aromatic rings. The Balaban J connectivity index is 1.54. The lowest BCUT2D eigenvalue weighted by atomic mass is 10.1. The Hall–Kier alpha value is -1.99. The Morgan fingerprint density at radius 3 is 2.69 bits per heavy atom. The summed E-state index contributed by atoms with van der Waals surface area (Å²) < 4.78 is 5.22. The van der Waals surface area contributed by atoms with Gasteiger partial charge < -0.3 is 10.1 Å². The van der Waals surface area contributed by atoms with Crippen molar-refractivity contribution < 1.29 is 19.1 Å². The molecule has 0 fully saturated rings. The van der Waals surface area contributed by atoms with Gasteiger partial charge in [0.15, 0.2) is 6.61 Å². The first-order valence-corrected chi connectivity index (χ1v) is 10.3. The van der Waals surface area contributed by atoms with Crippen molar-refractivity contribution in [3.63, 3.8) is 0 Å². The molecule has 0 aromatic carbocycles. The number of ether oxygens (including phenoxy) is 1. The van der Waals surface area contributed by atoms with E-state index in [2.05, 4.69) is 5.32 Å². The highest BCUT2D eigenvalue weighted by molar-refractivity contribution is 7.14. The van der Waals surface area contributed by atoms with Crippen LogP contribution in [0.2, 0.25) is 0 Å². The SMILES string of the molecule is CC(=O)NCc1ccc(C(=O)COC(=O)c2cc3c(s2)CCCCC3)s1. The van der Waals surface area contributed by atoms with E-state index in [0.717, 1.165) is 24.1 Å². The Bertz CT molecular complexity index is 798. The van der Waals surface area contributed by atoms with Crippen molar-refractivity contribution in [3.05, 3.63) is 43.3 Å². The molecule has 7 heteroatoms. The zero-order valence-electron chi connectivity index (χ0n) is 14.6. The highest BCUT2D eigenvalue weighted by atomic mass is 32.1. The van der Waals surface area contributed by atoms with Gasteiger partial charge in [-0.3, -0.25) is 9.59 Å². The second-order valence-electron chi connectivity index (χ2n) is 6.29. The van der Waals surface area contributed by atoms with Gasteiger partial charge >= 0.3 is 5.97 Å². The lowest BCUT2D eigenvalue weighted by Gasteiger charge is -2.01. The predicted molar refractivity (Wildman–Crippen MR) is 102 cm³/mol. The maximum atomic E-state index is 12.3. The van der Waals surface area contributed by atoms with Crippen molar-refractivity contribution in [2.75, 3.05) is 6.61 Å². The standard InChI is InChI=1S/C19H21NO4S2/c1-12(21)20-10-14-7-8-17(25-14)15(22)11-24-19(23)18-9-13-5-3-2-4-6-16(13)26-18/h7-9H,2-6,10-11H2,1H3,(H,20,21). The zero-order chi connectivity index (χ0) is 18.5. The normalized spacial score (nSPS) is 13.6. The lowest BCUT2D eigenvalue weighted by Crippen LogP contribution is -2.18. The summed E-state index contributed by atoms with van der Waals surface area (Å²) in [7, 11) is 0. The van der Waals surface area contributed by atoms with E-state index in [1.54, 1.807) is 12.1 Å². The van der Waals surface area contributed by atoms with Crippen molar-refractivity contribution in [1.82, 2.24) is 5.32 Å². The van der Waals surface area contributed by atoms with Crippen LogP contribution in [-0.2, 0) is 28.9 Å². The van der Waals surface area contributed by atoms with Crippen molar-refractivity contribution in [3.8, 4) is 0 Å². The van der Waals surface area contributed by atoms with E-state index < -0.39 is 5.97 Å². The van der Waals surface area contributed by atoms with Gasteiger partial charge in [-0.15, -0.1) is 22.7 Å². The summed E-state index contributed by atoms with van der Waals surface area (Å²) in [6.45, 7) is 1.58. The molecule has 2 heterocycles. The van der Waals surface area contributed by atoms with E-state index in [1.165, 1.54) is 52.9 Å². The number of nitrogens with one attached hydrogen (secondary N) is 1. The minimum atomic E-state index is -0.425. The monoisotopic (exact) mass is 391 g/mol. The van der Waals surface area contributed by atoms with Crippen LogP contribution >= 0.6 is 22.7 Å². The number of fused-ring (bicyclic) bond motifs is 1. The van der Waals surface area contributed by atoms with Gasteiger partial charge in [-0.05, 0) is 49.4 Å². The van der Waals surface area contributed by atoms with Crippen LogP contribution in [0.25, 0.3) is 0 Å².